The molecule has 1 aromatic heterocycles. The summed E-state index contributed by atoms with van der Waals surface area (Å²) in [7, 11) is -4.33. The smallest absolute Gasteiger partial charge is 0.416 e. The number of hydrogen-bond acceptors (Lipinski definition) is 7. The highest BCUT2D eigenvalue weighted by Gasteiger charge is 2.52. The van der Waals surface area contributed by atoms with Crippen molar-refractivity contribution in [2.75, 3.05) is 13.2 Å². The van der Waals surface area contributed by atoms with Crippen LogP contribution in [-0.4, -0.2) is 48.3 Å². The molecule has 0 unspecified atom stereocenters. The number of aromatic nitrogens is 1. The fourth-order valence-electron chi connectivity index (χ4n) is 3.08. The first-order chi connectivity index (χ1) is 15.5. The standard InChI is InChI=1S/C13H13F3O5S.C8H12N2OS/c14-13(15,16)9-1-3-10(4-2-9)22(19,20)12(11(17)18)5-7-21-8-6-12;1-8(2,3)5-4-12-7(10-5)6(9)11/h1-4H,5-8H2,(H,17,18);4H,1-3H3,(H2,9,11). The Morgan fingerprint density at radius 1 is 1.12 bits per heavy atom. The van der Waals surface area contributed by atoms with E-state index < -0.39 is 43.1 Å². The third kappa shape index (κ3) is 5.94. The van der Waals surface area contributed by atoms with Crippen molar-refractivity contribution in [3.8, 4) is 0 Å². The fourth-order valence-corrected chi connectivity index (χ4v) is 5.86. The van der Waals surface area contributed by atoms with Crippen molar-refractivity contribution in [1.82, 2.24) is 4.98 Å². The second-order valence-electron chi connectivity index (χ2n) is 8.59. The van der Waals surface area contributed by atoms with Crippen molar-refractivity contribution in [3.63, 3.8) is 0 Å². The maximum absolute atomic E-state index is 12.6. The summed E-state index contributed by atoms with van der Waals surface area (Å²) in [5.41, 5.74) is 4.99. The second-order valence-corrected chi connectivity index (χ2v) is 11.7. The van der Waals surface area contributed by atoms with E-state index in [9.17, 15) is 36.3 Å². The lowest BCUT2D eigenvalue weighted by Crippen LogP contribution is -2.50. The van der Waals surface area contributed by atoms with Crippen molar-refractivity contribution >= 4 is 33.1 Å². The number of amides is 1. The molecule has 0 aliphatic carbocycles. The van der Waals surface area contributed by atoms with Gasteiger partial charge in [0.15, 0.2) is 19.6 Å². The van der Waals surface area contributed by atoms with Gasteiger partial charge in [-0.25, -0.2) is 13.4 Å². The van der Waals surface area contributed by atoms with Gasteiger partial charge in [0.2, 0.25) is 0 Å². The van der Waals surface area contributed by atoms with Crippen LogP contribution in [0.15, 0.2) is 34.5 Å². The molecule has 188 valence electrons. The maximum Gasteiger partial charge on any atom is 0.416 e. The molecule has 0 saturated carbocycles. The lowest BCUT2D eigenvalue weighted by Gasteiger charge is -2.32. The van der Waals surface area contributed by atoms with E-state index in [-0.39, 0.29) is 31.5 Å². The SMILES string of the molecule is CC(C)(C)c1csc(C(N)=O)n1.O=C(O)C1(S(=O)(=O)c2ccc(C(F)(F)F)cc2)CCOCC1. The number of aliphatic carboxylic acids is 1. The van der Waals surface area contributed by atoms with E-state index in [4.69, 9.17) is 10.5 Å². The number of carbonyl (C=O) groups is 2. The average molecular weight is 523 g/mol. The molecule has 1 aromatic carbocycles. The van der Waals surface area contributed by atoms with E-state index in [0.717, 1.165) is 17.8 Å². The third-order valence-electron chi connectivity index (χ3n) is 5.18. The molecule has 1 fully saturated rings. The van der Waals surface area contributed by atoms with Crippen molar-refractivity contribution in [2.24, 2.45) is 5.73 Å². The number of carboxylic acid groups (broad SMARTS) is 1. The summed E-state index contributed by atoms with van der Waals surface area (Å²) in [5, 5.41) is 11.6. The van der Waals surface area contributed by atoms with Crippen LogP contribution in [0.1, 0.15) is 54.7 Å². The summed E-state index contributed by atoms with van der Waals surface area (Å²) in [6, 6.07) is 2.83. The first kappa shape index (κ1) is 27.7. The molecule has 2 aromatic rings. The van der Waals surface area contributed by atoms with Crippen LogP contribution in [0, 0.1) is 0 Å². The van der Waals surface area contributed by atoms with Crippen molar-refractivity contribution < 1.29 is 41.0 Å². The molecule has 8 nitrogen and oxygen atoms in total. The Labute approximate surface area is 198 Å². The summed E-state index contributed by atoms with van der Waals surface area (Å²) in [6.07, 6.45) is -5.08. The molecule has 0 bridgehead atoms. The number of thiazole rings is 1. The van der Waals surface area contributed by atoms with Crippen LogP contribution < -0.4 is 5.73 Å². The van der Waals surface area contributed by atoms with Gasteiger partial charge < -0.3 is 15.6 Å². The number of benzene rings is 1. The lowest BCUT2D eigenvalue weighted by atomic mass is 9.93. The molecular weight excluding hydrogens is 497 g/mol. The first-order valence-electron chi connectivity index (χ1n) is 10.0. The van der Waals surface area contributed by atoms with Gasteiger partial charge in [0.25, 0.3) is 5.91 Å². The van der Waals surface area contributed by atoms with Gasteiger partial charge in [-0.1, -0.05) is 20.8 Å². The monoisotopic (exact) mass is 522 g/mol. The molecule has 0 radical (unpaired) electrons. The van der Waals surface area contributed by atoms with E-state index in [2.05, 4.69) is 4.98 Å². The largest absolute Gasteiger partial charge is 0.480 e. The minimum absolute atomic E-state index is 0.00972. The molecule has 13 heteroatoms. The van der Waals surface area contributed by atoms with Gasteiger partial charge in [-0.05, 0) is 24.3 Å². The number of alkyl halides is 3. The Morgan fingerprint density at radius 3 is 2.00 bits per heavy atom. The fraction of sp³-hybridized carbons (Fsp3) is 0.476. The molecule has 1 aliphatic heterocycles. The van der Waals surface area contributed by atoms with Crippen molar-refractivity contribution in [2.45, 2.75) is 54.8 Å². The number of halogens is 3. The normalized spacial score (nSPS) is 16.3. The highest BCUT2D eigenvalue weighted by atomic mass is 32.2. The number of nitrogens with zero attached hydrogens (tertiary/aromatic N) is 1. The maximum atomic E-state index is 12.6. The number of carboxylic acids is 1. The highest BCUT2D eigenvalue weighted by molar-refractivity contribution is 7.93. The summed E-state index contributed by atoms with van der Waals surface area (Å²) in [6.45, 7) is 6.07. The van der Waals surface area contributed by atoms with Crippen LogP contribution in [0.5, 0.6) is 0 Å². The van der Waals surface area contributed by atoms with E-state index in [1.807, 2.05) is 26.2 Å². The molecule has 2 heterocycles. The van der Waals surface area contributed by atoms with Crippen LogP contribution >= 0.6 is 11.3 Å². The van der Waals surface area contributed by atoms with Gasteiger partial charge in [0, 0.05) is 36.9 Å². The molecule has 3 N–H and O–H groups in total. The summed E-state index contributed by atoms with van der Waals surface area (Å²) < 4.78 is 65.7. The molecule has 0 atom stereocenters. The zero-order valence-corrected chi connectivity index (χ0v) is 20.3. The number of ether oxygens (including phenoxy) is 1. The number of sulfone groups is 1. The Hall–Kier alpha value is -2.51. The predicted molar refractivity (Wildman–Crippen MR) is 118 cm³/mol. The van der Waals surface area contributed by atoms with Crippen molar-refractivity contribution in [3.05, 3.63) is 45.9 Å². The summed E-state index contributed by atoms with van der Waals surface area (Å²) in [5.74, 6) is -1.97. The van der Waals surface area contributed by atoms with E-state index in [1.54, 1.807) is 0 Å². The van der Waals surface area contributed by atoms with Crippen LogP contribution in [0.25, 0.3) is 0 Å². The zero-order valence-electron chi connectivity index (χ0n) is 18.7. The Kier molecular flexibility index (Phi) is 8.16. The number of primary amides is 1. The van der Waals surface area contributed by atoms with Crippen molar-refractivity contribution in [1.29, 1.82) is 0 Å². The van der Waals surface area contributed by atoms with E-state index in [0.29, 0.717) is 17.1 Å². The Bertz CT molecular complexity index is 1130. The van der Waals surface area contributed by atoms with Crippen LogP contribution in [0.2, 0.25) is 0 Å². The van der Waals surface area contributed by atoms with Gasteiger partial charge in [0.05, 0.1) is 16.2 Å². The molecule has 3 rings (SSSR count). The van der Waals surface area contributed by atoms with Crippen LogP contribution in [0.3, 0.4) is 0 Å². The predicted octanol–water partition coefficient (Wildman–Crippen LogP) is 3.65. The molecule has 1 aliphatic rings. The second kappa shape index (κ2) is 10.0. The van der Waals surface area contributed by atoms with Gasteiger partial charge in [-0.2, -0.15) is 13.2 Å². The first-order valence-corrected chi connectivity index (χ1v) is 12.4. The summed E-state index contributed by atoms with van der Waals surface area (Å²) in [4.78, 5) is 25.9. The van der Waals surface area contributed by atoms with E-state index in [1.165, 1.54) is 11.3 Å². The molecule has 1 amide bonds. The lowest BCUT2D eigenvalue weighted by molar-refractivity contribution is -0.142. The minimum atomic E-state index is -4.59. The number of carbonyl (C=O) groups excluding carboxylic acids is 1. The number of hydrogen-bond donors (Lipinski definition) is 2. The molecule has 34 heavy (non-hydrogen) atoms. The van der Waals surface area contributed by atoms with E-state index >= 15 is 0 Å². The van der Waals surface area contributed by atoms with Gasteiger partial charge >= 0.3 is 12.1 Å². The van der Waals surface area contributed by atoms with Crippen LogP contribution in [-0.2, 0) is 31.0 Å². The molecule has 1 saturated heterocycles. The Morgan fingerprint density at radius 2 is 1.65 bits per heavy atom. The summed E-state index contributed by atoms with van der Waals surface area (Å²) >= 11 is 1.30. The van der Waals surface area contributed by atoms with Gasteiger partial charge in [-0.3, -0.25) is 9.59 Å². The van der Waals surface area contributed by atoms with Crippen LogP contribution in [0.4, 0.5) is 13.2 Å². The Balaban J connectivity index is 0.000000287. The third-order valence-corrected chi connectivity index (χ3v) is 8.54. The quantitative estimate of drug-likeness (QED) is 0.625. The highest BCUT2D eigenvalue weighted by Crippen LogP contribution is 2.36. The molecular formula is C21H25F3N2O6S2. The number of rotatable bonds is 4. The topological polar surface area (TPSA) is 137 Å². The zero-order chi connectivity index (χ0) is 25.9. The average Bonchev–Trinajstić information content (AvgIpc) is 3.25. The number of nitrogens with two attached hydrogens (primary N) is 1. The van der Waals surface area contributed by atoms with Gasteiger partial charge in [0.1, 0.15) is 0 Å². The molecule has 0 spiro atoms. The minimum Gasteiger partial charge on any atom is -0.480 e. The van der Waals surface area contributed by atoms with Gasteiger partial charge in [-0.15, -0.1) is 11.3 Å².